The lowest BCUT2D eigenvalue weighted by molar-refractivity contribution is -0.176. The van der Waals surface area contributed by atoms with Gasteiger partial charge < -0.3 is 20.7 Å². The highest BCUT2D eigenvalue weighted by molar-refractivity contribution is 6.39. The second-order valence-electron chi connectivity index (χ2n) is 10.8. The molecule has 2 saturated heterocycles. The van der Waals surface area contributed by atoms with E-state index in [0.29, 0.717) is 6.42 Å². The van der Waals surface area contributed by atoms with Gasteiger partial charge in [0.05, 0.1) is 21.7 Å². The fraction of sp³-hybridized carbons (Fsp3) is 0.571. The van der Waals surface area contributed by atoms with Crippen molar-refractivity contribution in [3.8, 4) is 0 Å². The van der Waals surface area contributed by atoms with Crippen LogP contribution >= 0.6 is 23.2 Å². The van der Waals surface area contributed by atoms with E-state index < -0.39 is 54.3 Å². The minimum absolute atomic E-state index is 0.0284. The van der Waals surface area contributed by atoms with Crippen molar-refractivity contribution in [1.29, 1.82) is 0 Å². The van der Waals surface area contributed by atoms with Crippen molar-refractivity contribution in [3.63, 3.8) is 0 Å². The number of hydrogen-bond donors (Lipinski definition) is 3. The van der Waals surface area contributed by atoms with E-state index in [1.165, 1.54) is 24.1 Å². The lowest BCUT2D eigenvalue weighted by Crippen LogP contribution is -2.64. The first-order valence-corrected chi connectivity index (χ1v) is 15.0. The summed E-state index contributed by atoms with van der Waals surface area (Å²) in [7, 11) is 0. The molecule has 3 atom stereocenters. The summed E-state index contributed by atoms with van der Waals surface area (Å²) in [6, 6.07) is 0.891. The van der Waals surface area contributed by atoms with Crippen LogP contribution < -0.4 is 16.0 Å². The van der Waals surface area contributed by atoms with Gasteiger partial charge in [0.1, 0.15) is 12.1 Å². The minimum atomic E-state index is -1.07. The molecule has 4 rings (SSSR count). The molecule has 228 valence electrons. The molecule has 3 fully saturated rings. The van der Waals surface area contributed by atoms with Crippen LogP contribution in [0.2, 0.25) is 10.0 Å². The topological polar surface area (TPSA) is 154 Å². The Kier molecular flexibility index (Phi) is 10.7. The van der Waals surface area contributed by atoms with Gasteiger partial charge in [-0.05, 0) is 51.2 Å². The molecule has 0 spiro atoms. The lowest BCUT2D eigenvalue weighted by Gasteiger charge is -2.43. The maximum absolute atomic E-state index is 13.6. The van der Waals surface area contributed by atoms with E-state index in [-0.39, 0.29) is 53.4 Å². The zero-order valence-corrected chi connectivity index (χ0v) is 24.8. The van der Waals surface area contributed by atoms with Crippen molar-refractivity contribution < 1.29 is 33.5 Å². The number of esters is 1. The molecule has 3 N–H and O–H groups in total. The van der Waals surface area contributed by atoms with Crippen molar-refractivity contribution in [2.75, 3.05) is 13.2 Å². The summed E-state index contributed by atoms with van der Waals surface area (Å²) in [5, 5.41) is 10.7. The van der Waals surface area contributed by atoms with Crippen molar-refractivity contribution in [3.05, 3.63) is 33.8 Å². The summed E-state index contributed by atoms with van der Waals surface area (Å²) in [6.07, 6.45) is 5.78. The maximum Gasteiger partial charge on any atom is 0.341 e. The predicted molar refractivity (Wildman–Crippen MR) is 152 cm³/mol. The summed E-state index contributed by atoms with van der Waals surface area (Å²) < 4.78 is 5.07. The number of nitrogens with zero attached hydrogens (tertiary/aromatic N) is 2. The second kappa shape index (κ2) is 14.2. The summed E-state index contributed by atoms with van der Waals surface area (Å²) in [5.74, 6) is -3.03. The summed E-state index contributed by atoms with van der Waals surface area (Å²) in [5.41, 5.74) is -0.0763. The zero-order valence-electron chi connectivity index (χ0n) is 23.3. The number of amides is 5. The van der Waals surface area contributed by atoms with Gasteiger partial charge in [-0.1, -0.05) is 48.5 Å². The van der Waals surface area contributed by atoms with Crippen molar-refractivity contribution >= 4 is 58.7 Å². The number of hydrazine groups is 1. The Hall–Kier alpha value is -3.38. The largest absolute Gasteiger partial charge is 0.454 e. The van der Waals surface area contributed by atoms with Crippen LogP contribution in [0.5, 0.6) is 0 Å². The SMILES string of the molecule is C[C@H](NC(=O)[C@@H]1CCCN2C(=O)CCC(NC(=O)NC3CCCCC3)C(=O)N12)C(=O)COC(=O)c1c(Cl)cccc1Cl. The molecule has 1 unspecified atom stereocenters. The number of ether oxygens (including phenoxy) is 1. The Bertz CT molecular complexity index is 1220. The number of ketones is 1. The number of urea groups is 1. The average molecular weight is 625 g/mol. The number of nitrogens with one attached hydrogen (secondary N) is 3. The van der Waals surface area contributed by atoms with Crippen LogP contribution in [0.15, 0.2) is 18.2 Å². The van der Waals surface area contributed by atoms with Crippen LogP contribution in [-0.2, 0) is 23.9 Å². The van der Waals surface area contributed by atoms with E-state index in [1.54, 1.807) is 6.07 Å². The molecule has 0 bridgehead atoms. The first-order chi connectivity index (χ1) is 20.1. The van der Waals surface area contributed by atoms with E-state index in [9.17, 15) is 28.8 Å². The third kappa shape index (κ3) is 7.52. The third-order valence-electron chi connectivity index (χ3n) is 7.76. The summed E-state index contributed by atoms with van der Waals surface area (Å²) in [4.78, 5) is 77.7. The molecule has 0 radical (unpaired) electrons. The number of halogens is 2. The first kappa shape index (κ1) is 31.6. The lowest BCUT2D eigenvalue weighted by atomic mass is 9.96. The third-order valence-corrected chi connectivity index (χ3v) is 8.39. The van der Waals surface area contributed by atoms with Crippen LogP contribution in [-0.4, -0.2) is 82.8 Å². The molecule has 42 heavy (non-hydrogen) atoms. The van der Waals surface area contributed by atoms with Crippen molar-refractivity contribution in [2.45, 2.75) is 88.9 Å². The summed E-state index contributed by atoms with van der Waals surface area (Å²) >= 11 is 12.0. The number of rotatable bonds is 8. The Morgan fingerprint density at radius 1 is 0.976 bits per heavy atom. The molecule has 3 aliphatic rings. The molecular formula is C28H35Cl2N5O7. The van der Waals surface area contributed by atoms with Gasteiger partial charge in [0.15, 0.2) is 12.4 Å². The molecule has 12 nitrogen and oxygen atoms in total. The van der Waals surface area contributed by atoms with Gasteiger partial charge in [0, 0.05) is 19.0 Å². The minimum Gasteiger partial charge on any atom is -0.454 e. The van der Waals surface area contributed by atoms with Crippen LogP contribution in [0.1, 0.15) is 75.1 Å². The highest BCUT2D eigenvalue weighted by atomic mass is 35.5. The predicted octanol–water partition coefficient (Wildman–Crippen LogP) is 2.75. The Morgan fingerprint density at radius 3 is 2.36 bits per heavy atom. The second-order valence-corrected chi connectivity index (χ2v) is 11.6. The van der Waals surface area contributed by atoms with Gasteiger partial charge in [0.25, 0.3) is 5.91 Å². The van der Waals surface area contributed by atoms with E-state index in [1.807, 2.05) is 0 Å². The monoisotopic (exact) mass is 623 g/mol. The molecule has 14 heteroatoms. The van der Waals surface area contributed by atoms with Crippen LogP contribution in [0.4, 0.5) is 4.79 Å². The smallest absolute Gasteiger partial charge is 0.341 e. The maximum atomic E-state index is 13.6. The van der Waals surface area contributed by atoms with Crippen molar-refractivity contribution in [1.82, 2.24) is 26.0 Å². The van der Waals surface area contributed by atoms with Crippen LogP contribution in [0.25, 0.3) is 0 Å². The number of benzene rings is 1. The standard InChI is InChI=1S/C28H35Cl2N5O7/c1-16(22(36)15-42-27(40)24-18(29)9-5-10-19(24)30)31-25(38)21-11-6-14-34-23(37)13-12-20(26(39)35(21)34)33-28(41)32-17-7-3-2-4-8-17/h5,9-10,16-17,20-21H,2-4,6-8,11-15H2,1H3,(H,31,38)(H2,32,33,41)/t16-,20?,21-/m0/s1. The normalized spacial score (nSPS) is 22.0. The average Bonchev–Trinajstić information content (AvgIpc) is 3.08. The highest BCUT2D eigenvalue weighted by Gasteiger charge is 2.45. The number of carbonyl (C=O) groups is 6. The van der Waals surface area contributed by atoms with Crippen LogP contribution in [0, 0.1) is 0 Å². The number of Topliss-reactive ketones (excluding diaryl/α,β-unsaturated/α-hetero) is 1. The zero-order chi connectivity index (χ0) is 30.4. The van der Waals surface area contributed by atoms with E-state index in [4.69, 9.17) is 27.9 Å². The Labute approximate surface area is 253 Å². The van der Waals surface area contributed by atoms with E-state index in [2.05, 4.69) is 16.0 Å². The number of hydrogen-bond acceptors (Lipinski definition) is 7. The fourth-order valence-electron chi connectivity index (χ4n) is 5.46. The molecule has 2 aliphatic heterocycles. The molecule has 1 aliphatic carbocycles. The van der Waals surface area contributed by atoms with E-state index >= 15 is 0 Å². The van der Waals surface area contributed by atoms with Crippen molar-refractivity contribution in [2.24, 2.45) is 0 Å². The van der Waals surface area contributed by atoms with Gasteiger partial charge in [-0.3, -0.25) is 24.2 Å². The quantitative estimate of drug-likeness (QED) is 0.376. The molecule has 2 heterocycles. The van der Waals surface area contributed by atoms with Gasteiger partial charge in [-0.25, -0.2) is 14.6 Å². The molecule has 0 aromatic heterocycles. The number of fused-ring (bicyclic) bond motifs is 1. The Morgan fingerprint density at radius 2 is 1.67 bits per heavy atom. The van der Waals surface area contributed by atoms with Crippen LogP contribution in [0.3, 0.4) is 0 Å². The molecule has 5 amide bonds. The summed E-state index contributed by atoms with van der Waals surface area (Å²) in [6.45, 7) is 1.03. The van der Waals surface area contributed by atoms with Gasteiger partial charge in [-0.2, -0.15) is 0 Å². The highest BCUT2D eigenvalue weighted by Crippen LogP contribution is 2.26. The molecular weight excluding hydrogens is 589 g/mol. The molecule has 1 aromatic rings. The van der Waals surface area contributed by atoms with E-state index in [0.717, 1.165) is 37.1 Å². The first-order valence-electron chi connectivity index (χ1n) is 14.2. The number of carbonyl (C=O) groups excluding carboxylic acids is 6. The molecule has 1 aromatic carbocycles. The molecule has 1 saturated carbocycles. The van der Waals surface area contributed by atoms with Gasteiger partial charge in [0.2, 0.25) is 11.8 Å². The Balaban J connectivity index is 1.37. The van der Waals surface area contributed by atoms with Gasteiger partial charge in [-0.15, -0.1) is 0 Å². The fourth-order valence-corrected chi connectivity index (χ4v) is 6.01. The van der Waals surface area contributed by atoms with Gasteiger partial charge >= 0.3 is 12.0 Å².